The molecule has 0 aromatic heterocycles. The summed E-state index contributed by atoms with van der Waals surface area (Å²) in [5.41, 5.74) is 2.28. The van der Waals surface area contributed by atoms with Gasteiger partial charge in [0, 0.05) is 19.7 Å². The summed E-state index contributed by atoms with van der Waals surface area (Å²) < 4.78 is 16.5. The van der Waals surface area contributed by atoms with E-state index < -0.39 is 0 Å². The highest BCUT2D eigenvalue weighted by Crippen LogP contribution is 2.28. The van der Waals surface area contributed by atoms with Crippen LogP contribution in [0.5, 0.6) is 11.5 Å². The van der Waals surface area contributed by atoms with Gasteiger partial charge in [-0.05, 0) is 30.2 Å². The van der Waals surface area contributed by atoms with E-state index in [1.165, 1.54) is 0 Å². The van der Waals surface area contributed by atoms with Gasteiger partial charge in [-0.25, -0.2) is 0 Å². The van der Waals surface area contributed by atoms with Crippen LogP contribution in [0.25, 0.3) is 0 Å². The van der Waals surface area contributed by atoms with E-state index in [4.69, 9.17) is 14.2 Å². The number of benzene rings is 2. The van der Waals surface area contributed by atoms with Gasteiger partial charge < -0.3 is 19.5 Å². The fraction of sp³-hybridized carbons (Fsp3) is 0.368. The van der Waals surface area contributed by atoms with E-state index in [1.54, 1.807) is 14.2 Å². The van der Waals surface area contributed by atoms with Gasteiger partial charge in [-0.2, -0.15) is 0 Å². The first kappa shape index (κ1) is 17.3. The van der Waals surface area contributed by atoms with Gasteiger partial charge in [0.05, 0.1) is 13.7 Å². The van der Waals surface area contributed by atoms with Gasteiger partial charge in [0.2, 0.25) is 0 Å². The largest absolute Gasteiger partial charge is 0.493 e. The lowest BCUT2D eigenvalue weighted by molar-refractivity contribution is 0.171. The summed E-state index contributed by atoms with van der Waals surface area (Å²) in [5.74, 6) is 1.50. The summed E-state index contributed by atoms with van der Waals surface area (Å²) in [6.07, 6.45) is 0. The molecule has 0 aliphatic carbocycles. The van der Waals surface area contributed by atoms with E-state index in [1.807, 2.05) is 48.5 Å². The van der Waals surface area contributed by atoms with Crippen LogP contribution in [0.4, 0.5) is 0 Å². The van der Waals surface area contributed by atoms with E-state index in [0.29, 0.717) is 19.3 Å². The molecule has 4 heteroatoms. The van der Waals surface area contributed by atoms with Gasteiger partial charge in [0.15, 0.2) is 11.5 Å². The molecule has 2 aromatic carbocycles. The Morgan fingerprint density at radius 3 is 2.43 bits per heavy atom. The zero-order chi connectivity index (χ0) is 16.5. The molecule has 2 rings (SSSR count). The van der Waals surface area contributed by atoms with Crippen LogP contribution in [0.1, 0.15) is 18.1 Å². The molecule has 0 radical (unpaired) electrons. The van der Waals surface area contributed by atoms with Crippen molar-refractivity contribution < 1.29 is 14.2 Å². The standard InChI is InChI=1S/C19H25NO3/c1-15(13-21-2)20-12-17-9-10-18(22-3)19(11-17)23-14-16-7-5-4-6-8-16/h4-11,15,20H,12-14H2,1-3H3/t15-/m0/s1. The maximum Gasteiger partial charge on any atom is 0.161 e. The molecule has 1 N–H and O–H groups in total. The Balaban J connectivity index is 2.00. The molecule has 0 aliphatic heterocycles. The van der Waals surface area contributed by atoms with Gasteiger partial charge >= 0.3 is 0 Å². The van der Waals surface area contributed by atoms with E-state index in [2.05, 4.69) is 12.2 Å². The van der Waals surface area contributed by atoms with Crippen LogP contribution in [0, 0.1) is 0 Å². The zero-order valence-electron chi connectivity index (χ0n) is 14.0. The molecule has 1 atom stereocenters. The summed E-state index contributed by atoms with van der Waals surface area (Å²) in [7, 11) is 3.37. The van der Waals surface area contributed by atoms with Crippen LogP contribution >= 0.6 is 0 Å². The maximum atomic E-state index is 5.93. The fourth-order valence-electron chi connectivity index (χ4n) is 2.28. The first-order valence-electron chi connectivity index (χ1n) is 7.79. The lowest BCUT2D eigenvalue weighted by Gasteiger charge is -2.15. The number of nitrogens with one attached hydrogen (secondary N) is 1. The quantitative estimate of drug-likeness (QED) is 0.770. The van der Waals surface area contributed by atoms with E-state index >= 15 is 0 Å². The third-order valence-electron chi connectivity index (χ3n) is 3.54. The number of hydrogen-bond acceptors (Lipinski definition) is 4. The first-order valence-corrected chi connectivity index (χ1v) is 7.79. The monoisotopic (exact) mass is 315 g/mol. The third-order valence-corrected chi connectivity index (χ3v) is 3.54. The van der Waals surface area contributed by atoms with Crippen molar-refractivity contribution in [3.63, 3.8) is 0 Å². The van der Waals surface area contributed by atoms with E-state index in [9.17, 15) is 0 Å². The maximum absolute atomic E-state index is 5.93. The second kappa shape index (κ2) is 9.18. The average Bonchev–Trinajstić information content (AvgIpc) is 2.59. The minimum Gasteiger partial charge on any atom is -0.493 e. The van der Waals surface area contributed by atoms with E-state index in [-0.39, 0.29) is 0 Å². The highest BCUT2D eigenvalue weighted by molar-refractivity contribution is 5.43. The Labute approximate surface area is 138 Å². The van der Waals surface area contributed by atoms with Crippen molar-refractivity contribution in [2.24, 2.45) is 0 Å². The molecule has 0 spiro atoms. The molecule has 0 fully saturated rings. The molecule has 0 aliphatic rings. The predicted molar refractivity (Wildman–Crippen MR) is 91.9 cm³/mol. The molecular formula is C19H25NO3. The molecule has 0 heterocycles. The Hall–Kier alpha value is -2.04. The highest BCUT2D eigenvalue weighted by atomic mass is 16.5. The summed E-state index contributed by atoms with van der Waals surface area (Å²) >= 11 is 0. The minimum absolute atomic E-state index is 0.302. The number of rotatable bonds is 9. The molecule has 4 nitrogen and oxygen atoms in total. The molecule has 0 unspecified atom stereocenters. The smallest absolute Gasteiger partial charge is 0.161 e. The van der Waals surface area contributed by atoms with Crippen LogP contribution in [-0.2, 0) is 17.9 Å². The Morgan fingerprint density at radius 1 is 0.957 bits per heavy atom. The molecule has 0 saturated heterocycles. The normalized spacial score (nSPS) is 12.0. The third kappa shape index (κ3) is 5.58. The lowest BCUT2D eigenvalue weighted by Crippen LogP contribution is -2.29. The zero-order valence-corrected chi connectivity index (χ0v) is 14.0. The van der Waals surface area contributed by atoms with Crippen molar-refractivity contribution in [1.29, 1.82) is 0 Å². The second-order valence-corrected chi connectivity index (χ2v) is 5.50. The Kier molecular flexibility index (Phi) is 6.91. The first-order chi connectivity index (χ1) is 11.2. The second-order valence-electron chi connectivity index (χ2n) is 5.50. The van der Waals surface area contributed by atoms with Crippen LogP contribution in [-0.4, -0.2) is 26.9 Å². The van der Waals surface area contributed by atoms with Crippen molar-refractivity contribution in [3.05, 3.63) is 59.7 Å². The molecule has 0 saturated carbocycles. The van der Waals surface area contributed by atoms with Gasteiger partial charge in [-0.15, -0.1) is 0 Å². The predicted octanol–water partition coefficient (Wildman–Crippen LogP) is 3.40. The molecule has 23 heavy (non-hydrogen) atoms. The molecule has 2 aromatic rings. The van der Waals surface area contributed by atoms with E-state index in [0.717, 1.165) is 29.2 Å². The fourth-order valence-corrected chi connectivity index (χ4v) is 2.28. The van der Waals surface area contributed by atoms with Crippen molar-refractivity contribution in [2.75, 3.05) is 20.8 Å². The van der Waals surface area contributed by atoms with Crippen molar-refractivity contribution in [2.45, 2.75) is 26.1 Å². The van der Waals surface area contributed by atoms with Gasteiger partial charge in [-0.1, -0.05) is 36.4 Å². The molecular weight excluding hydrogens is 290 g/mol. The van der Waals surface area contributed by atoms with Crippen LogP contribution in [0.15, 0.2) is 48.5 Å². The van der Waals surface area contributed by atoms with Crippen LogP contribution in [0.2, 0.25) is 0 Å². The lowest BCUT2D eigenvalue weighted by atomic mass is 10.2. The summed E-state index contributed by atoms with van der Waals surface area (Å²) in [5, 5.41) is 3.42. The van der Waals surface area contributed by atoms with Gasteiger partial charge in [0.25, 0.3) is 0 Å². The van der Waals surface area contributed by atoms with Crippen LogP contribution in [0.3, 0.4) is 0 Å². The van der Waals surface area contributed by atoms with Crippen LogP contribution < -0.4 is 14.8 Å². The Morgan fingerprint density at radius 2 is 1.74 bits per heavy atom. The molecule has 0 bridgehead atoms. The molecule has 124 valence electrons. The topological polar surface area (TPSA) is 39.7 Å². The SMILES string of the molecule is COC[C@H](C)NCc1ccc(OC)c(OCc2ccccc2)c1. The Bertz CT molecular complexity index is 586. The summed E-state index contributed by atoms with van der Waals surface area (Å²) in [6, 6.07) is 16.4. The van der Waals surface area contributed by atoms with Gasteiger partial charge in [0.1, 0.15) is 6.61 Å². The summed E-state index contributed by atoms with van der Waals surface area (Å²) in [6.45, 7) is 4.07. The molecule has 0 amide bonds. The minimum atomic E-state index is 0.302. The van der Waals surface area contributed by atoms with Gasteiger partial charge in [-0.3, -0.25) is 0 Å². The highest BCUT2D eigenvalue weighted by Gasteiger charge is 2.07. The number of hydrogen-bond donors (Lipinski definition) is 1. The van der Waals surface area contributed by atoms with Crippen molar-refractivity contribution in [3.8, 4) is 11.5 Å². The number of ether oxygens (including phenoxy) is 3. The summed E-state index contributed by atoms with van der Waals surface area (Å²) in [4.78, 5) is 0. The average molecular weight is 315 g/mol. The van der Waals surface area contributed by atoms with Crippen molar-refractivity contribution in [1.82, 2.24) is 5.32 Å². The number of methoxy groups -OCH3 is 2. The van der Waals surface area contributed by atoms with Crippen molar-refractivity contribution >= 4 is 0 Å².